The Bertz CT molecular complexity index is 545. The van der Waals surface area contributed by atoms with E-state index in [-0.39, 0.29) is 23.9 Å². The number of halogens is 1. The molecule has 0 spiro atoms. The van der Waals surface area contributed by atoms with Gasteiger partial charge in [0.25, 0.3) is 0 Å². The van der Waals surface area contributed by atoms with Crippen LogP contribution in [-0.2, 0) is 11.3 Å². The highest BCUT2D eigenvalue weighted by Gasteiger charge is 2.27. The number of β-amino-alcohol motifs (C(OH)–C–C–N with tert-alkyl or cyclic N) is 1. The Balaban J connectivity index is 1.85. The number of piperazine rings is 1. The normalized spacial score (nSPS) is 19.0. The predicted octanol–water partition coefficient (Wildman–Crippen LogP) is 1.17. The molecule has 1 aromatic rings. The number of likely N-dealkylation sites (N-methyl/N-ethyl adjacent to an activating group) is 1. The summed E-state index contributed by atoms with van der Waals surface area (Å²) < 4.78 is 13.3. The standard InChI is InChI=1S/C18H28FN3O2/c1-14(23)12-21-7-9-22(10-8-21)15(2)18(24)20(3)13-16-5-4-6-17(19)11-16/h4-6,11,14-15,23H,7-10,12-13H2,1-3H3/t14-,15+/m1/s1. The molecule has 0 bridgehead atoms. The van der Waals surface area contributed by atoms with Crippen molar-refractivity contribution in [1.82, 2.24) is 14.7 Å². The third-order valence-electron chi connectivity index (χ3n) is 4.52. The predicted molar refractivity (Wildman–Crippen MR) is 92.0 cm³/mol. The van der Waals surface area contributed by atoms with Crippen LogP contribution in [0, 0.1) is 5.82 Å². The highest BCUT2D eigenvalue weighted by Crippen LogP contribution is 2.12. The van der Waals surface area contributed by atoms with E-state index in [4.69, 9.17) is 0 Å². The van der Waals surface area contributed by atoms with Gasteiger partial charge in [0.2, 0.25) is 5.91 Å². The molecular formula is C18H28FN3O2. The molecule has 5 nitrogen and oxygen atoms in total. The molecule has 134 valence electrons. The number of nitrogens with zero attached hydrogens (tertiary/aromatic N) is 3. The minimum absolute atomic E-state index is 0.0447. The van der Waals surface area contributed by atoms with Crippen molar-refractivity contribution in [3.05, 3.63) is 35.6 Å². The SMILES string of the molecule is C[C@@H](O)CN1CCN([C@@H](C)C(=O)N(C)Cc2cccc(F)c2)CC1. The first-order valence-electron chi connectivity index (χ1n) is 8.50. The molecule has 0 radical (unpaired) electrons. The number of hydrogen-bond acceptors (Lipinski definition) is 4. The molecular weight excluding hydrogens is 309 g/mol. The maximum absolute atomic E-state index is 13.3. The number of benzene rings is 1. The number of amides is 1. The molecule has 0 unspecified atom stereocenters. The van der Waals surface area contributed by atoms with Gasteiger partial charge in [-0.05, 0) is 31.5 Å². The van der Waals surface area contributed by atoms with Crippen molar-refractivity contribution in [3.63, 3.8) is 0 Å². The minimum atomic E-state index is -0.326. The van der Waals surface area contributed by atoms with Crippen LogP contribution in [-0.4, -0.2) is 77.6 Å². The summed E-state index contributed by atoms with van der Waals surface area (Å²) in [6.45, 7) is 8.14. The fraction of sp³-hybridized carbons (Fsp3) is 0.611. The van der Waals surface area contributed by atoms with Gasteiger partial charge in [-0.1, -0.05) is 12.1 Å². The molecule has 0 saturated carbocycles. The van der Waals surface area contributed by atoms with Crippen LogP contribution in [0.1, 0.15) is 19.4 Å². The molecule has 0 aliphatic carbocycles. The molecule has 1 N–H and O–H groups in total. The van der Waals surface area contributed by atoms with Gasteiger partial charge in [-0.3, -0.25) is 14.6 Å². The lowest BCUT2D eigenvalue weighted by Crippen LogP contribution is -2.54. The van der Waals surface area contributed by atoms with E-state index in [1.54, 1.807) is 24.9 Å². The van der Waals surface area contributed by atoms with E-state index in [9.17, 15) is 14.3 Å². The number of aliphatic hydroxyl groups excluding tert-OH is 1. The summed E-state index contributed by atoms with van der Waals surface area (Å²) in [4.78, 5) is 18.7. The van der Waals surface area contributed by atoms with E-state index in [0.717, 1.165) is 31.7 Å². The molecule has 1 aromatic carbocycles. The molecule has 1 saturated heterocycles. The van der Waals surface area contributed by atoms with Crippen LogP contribution in [0.25, 0.3) is 0 Å². The second-order valence-electron chi connectivity index (χ2n) is 6.69. The van der Waals surface area contributed by atoms with Crippen LogP contribution in [0.2, 0.25) is 0 Å². The van der Waals surface area contributed by atoms with Crippen molar-refractivity contribution in [2.45, 2.75) is 32.5 Å². The molecule has 24 heavy (non-hydrogen) atoms. The fourth-order valence-corrected chi connectivity index (χ4v) is 3.17. The summed E-state index contributed by atoms with van der Waals surface area (Å²) in [6.07, 6.45) is -0.326. The molecule has 1 fully saturated rings. The van der Waals surface area contributed by atoms with Gasteiger partial charge in [-0.25, -0.2) is 4.39 Å². The van der Waals surface area contributed by atoms with Crippen LogP contribution in [0.5, 0.6) is 0 Å². The van der Waals surface area contributed by atoms with Crippen molar-refractivity contribution in [3.8, 4) is 0 Å². The number of hydrogen-bond donors (Lipinski definition) is 1. The average Bonchev–Trinajstić information content (AvgIpc) is 2.53. The van der Waals surface area contributed by atoms with Crippen LogP contribution in [0.15, 0.2) is 24.3 Å². The first-order valence-corrected chi connectivity index (χ1v) is 8.50. The quantitative estimate of drug-likeness (QED) is 0.847. The lowest BCUT2D eigenvalue weighted by Gasteiger charge is -2.38. The summed E-state index contributed by atoms with van der Waals surface area (Å²) in [5, 5.41) is 9.46. The van der Waals surface area contributed by atoms with E-state index in [2.05, 4.69) is 9.80 Å². The summed E-state index contributed by atoms with van der Waals surface area (Å²) in [5.74, 6) is -0.237. The Hall–Kier alpha value is -1.50. The van der Waals surface area contributed by atoms with E-state index >= 15 is 0 Å². The topological polar surface area (TPSA) is 47.0 Å². The first kappa shape index (κ1) is 18.8. The van der Waals surface area contributed by atoms with E-state index < -0.39 is 0 Å². The van der Waals surface area contributed by atoms with Crippen LogP contribution in [0.3, 0.4) is 0 Å². The van der Waals surface area contributed by atoms with E-state index in [1.165, 1.54) is 12.1 Å². The molecule has 2 rings (SSSR count). The zero-order valence-corrected chi connectivity index (χ0v) is 14.8. The third-order valence-corrected chi connectivity index (χ3v) is 4.52. The van der Waals surface area contributed by atoms with Gasteiger partial charge >= 0.3 is 0 Å². The average molecular weight is 337 g/mol. The zero-order valence-electron chi connectivity index (χ0n) is 14.8. The molecule has 6 heteroatoms. The zero-order chi connectivity index (χ0) is 17.7. The second-order valence-corrected chi connectivity index (χ2v) is 6.69. The number of aliphatic hydroxyl groups is 1. The maximum Gasteiger partial charge on any atom is 0.239 e. The molecule has 1 aliphatic rings. The van der Waals surface area contributed by atoms with Crippen molar-refractivity contribution in [2.75, 3.05) is 39.8 Å². The largest absolute Gasteiger partial charge is 0.392 e. The van der Waals surface area contributed by atoms with Crippen molar-refractivity contribution in [2.24, 2.45) is 0 Å². The van der Waals surface area contributed by atoms with E-state index in [1.807, 2.05) is 13.0 Å². The number of carbonyl (C=O) groups excluding carboxylic acids is 1. The first-order chi connectivity index (χ1) is 11.4. The van der Waals surface area contributed by atoms with Gasteiger partial charge in [0, 0.05) is 46.3 Å². The van der Waals surface area contributed by atoms with Crippen molar-refractivity contribution in [1.29, 1.82) is 0 Å². The van der Waals surface area contributed by atoms with Gasteiger partial charge in [-0.2, -0.15) is 0 Å². The number of rotatable bonds is 6. The van der Waals surface area contributed by atoms with Crippen molar-refractivity contribution < 1.29 is 14.3 Å². The van der Waals surface area contributed by atoms with Gasteiger partial charge in [0.05, 0.1) is 12.1 Å². The maximum atomic E-state index is 13.3. The Kier molecular flexibility index (Phi) is 6.71. The molecule has 1 heterocycles. The summed E-state index contributed by atoms with van der Waals surface area (Å²) in [5.41, 5.74) is 0.791. The minimum Gasteiger partial charge on any atom is -0.392 e. The van der Waals surface area contributed by atoms with E-state index in [0.29, 0.717) is 13.1 Å². The Morgan fingerprint density at radius 1 is 1.29 bits per heavy atom. The molecule has 0 aromatic heterocycles. The van der Waals surface area contributed by atoms with Gasteiger partial charge in [0.1, 0.15) is 5.82 Å². The highest BCUT2D eigenvalue weighted by atomic mass is 19.1. The number of carbonyl (C=O) groups is 1. The monoisotopic (exact) mass is 337 g/mol. The van der Waals surface area contributed by atoms with Crippen molar-refractivity contribution >= 4 is 5.91 Å². The van der Waals surface area contributed by atoms with Crippen LogP contribution >= 0.6 is 0 Å². The lowest BCUT2D eigenvalue weighted by atomic mass is 10.1. The summed E-state index contributed by atoms with van der Waals surface area (Å²) in [6, 6.07) is 6.15. The molecule has 2 atom stereocenters. The smallest absolute Gasteiger partial charge is 0.239 e. The summed E-state index contributed by atoms with van der Waals surface area (Å²) in [7, 11) is 1.76. The highest BCUT2D eigenvalue weighted by molar-refractivity contribution is 5.81. The van der Waals surface area contributed by atoms with Gasteiger partial charge in [-0.15, -0.1) is 0 Å². The Labute approximate surface area is 143 Å². The van der Waals surface area contributed by atoms with Gasteiger partial charge < -0.3 is 10.0 Å². The molecule has 1 amide bonds. The van der Waals surface area contributed by atoms with Crippen LogP contribution in [0.4, 0.5) is 4.39 Å². The second kappa shape index (κ2) is 8.55. The Morgan fingerprint density at radius 3 is 2.54 bits per heavy atom. The summed E-state index contributed by atoms with van der Waals surface area (Å²) >= 11 is 0. The Morgan fingerprint density at radius 2 is 1.96 bits per heavy atom. The lowest BCUT2D eigenvalue weighted by molar-refractivity contribution is -0.136. The fourth-order valence-electron chi connectivity index (χ4n) is 3.17. The molecule has 1 aliphatic heterocycles. The van der Waals surface area contributed by atoms with Gasteiger partial charge in [0.15, 0.2) is 0 Å². The van der Waals surface area contributed by atoms with Crippen LogP contribution < -0.4 is 0 Å². The third kappa shape index (κ3) is 5.26.